The molecule has 0 unspecified atom stereocenters. The smallest absolute Gasteiger partial charge is 0.410 e. The number of nitrogen functional groups attached to an aromatic ring is 1. The molecule has 2 N–H and O–H groups in total. The SMILES string of the molecule is C[C@H]1CN(c2ccc([N+](=O)[O-])c(N)n2)C[C@H](C)N1C(=O)OC(C)(C)C. The summed E-state index contributed by atoms with van der Waals surface area (Å²) in [5.74, 6) is 0.447. The van der Waals surface area contributed by atoms with Crippen molar-refractivity contribution >= 4 is 23.4 Å². The molecule has 0 saturated carbocycles. The summed E-state index contributed by atoms with van der Waals surface area (Å²) in [5.41, 5.74) is 4.91. The molecule has 0 spiro atoms. The van der Waals surface area contributed by atoms with Crippen molar-refractivity contribution < 1.29 is 14.5 Å². The molecule has 1 fully saturated rings. The largest absolute Gasteiger partial charge is 0.444 e. The summed E-state index contributed by atoms with van der Waals surface area (Å²) in [4.78, 5) is 30.6. The van der Waals surface area contributed by atoms with Gasteiger partial charge in [0.1, 0.15) is 11.4 Å². The minimum Gasteiger partial charge on any atom is -0.444 e. The van der Waals surface area contributed by atoms with Crippen LogP contribution in [-0.2, 0) is 4.74 Å². The highest BCUT2D eigenvalue weighted by Crippen LogP contribution is 2.27. The van der Waals surface area contributed by atoms with E-state index >= 15 is 0 Å². The molecule has 0 bridgehead atoms. The average Bonchev–Trinajstić information content (AvgIpc) is 2.43. The number of piperazine rings is 1. The maximum Gasteiger partial charge on any atom is 0.410 e. The summed E-state index contributed by atoms with van der Waals surface area (Å²) in [6.45, 7) is 10.4. The van der Waals surface area contributed by atoms with Crippen molar-refractivity contribution in [2.75, 3.05) is 23.7 Å². The molecule has 1 aliphatic rings. The number of aromatic nitrogens is 1. The lowest BCUT2D eigenvalue weighted by Crippen LogP contribution is -2.59. The van der Waals surface area contributed by atoms with Gasteiger partial charge in [0.25, 0.3) is 0 Å². The van der Waals surface area contributed by atoms with Gasteiger partial charge in [-0.15, -0.1) is 0 Å². The normalized spacial score (nSPS) is 21.2. The van der Waals surface area contributed by atoms with Gasteiger partial charge in [0.15, 0.2) is 0 Å². The number of amides is 1. The molecule has 9 nitrogen and oxygen atoms in total. The minimum atomic E-state index is -0.558. The number of ether oxygens (including phenoxy) is 1. The van der Waals surface area contributed by atoms with Crippen molar-refractivity contribution in [3.63, 3.8) is 0 Å². The van der Waals surface area contributed by atoms with E-state index in [1.165, 1.54) is 6.07 Å². The van der Waals surface area contributed by atoms with Gasteiger partial charge in [0.2, 0.25) is 5.82 Å². The molecule has 9 heteroatoms. The number of carbonyl (C=O) groups is 1. The summed E-state index contributed by atoms with van der Waals surface area (Å²) >= 11 is 0. The number of rotatable bonds is 2. The van der Waals surface area contributed by atoms with E-state index in [2.05, 4.69) is 4.98 Å². The molecule has 2 atom stereocenters. The molecule has 1 aromatic heterocycles. The van der Waals surface area contributed by atoms with Crippen molar-refractivity contribution in [2.45, 2.75) is 52.3 Å². The highest BCUT2D eigenvalue weighted by molar-refractivity contribution is 5.69. The molecule has 1 aromatic rings. The number of nitro groups is 1. The van der Waals surface area contributed by atoms with Gasteiger partial charge in [-0.2, -0.15) is 0 Å². The summed E-state index contributed by atoms with van der Waals surface area (Å²) in [6, 6.07) is 2.73. The predicted octanol–water partition coefficient (Wildman–Crippen LogP) is 2.41. The molecular formula is C16H25N5O4. The number of nitrogens with zero attached hydrogens (tertiary/aromatic N) is 4. The zero-order valence-electron chi connectivity index (χ0n) is 15.2. The number of carbonyl (C=O) groups excluding carboxylic acids is 1. The van der Waals surface area contributed by atoms with Crippen LogP contribution in [0.5, 0.6) is 0 Å². The molecule has 1 aliphatic heterocycles. The van der Waals surface area contributed by atoms with E-state index in [1.54, 1.807) is 11.0 Å². The van der Waals surface area contributed by atoms with Crippen LogP contribution in [0, 0.1) is 10.1 Å². The second-order valence-electron chi connectivity index (χ2n) is 7.32. The van der Waals surface area contributed by atoms with Gasteiger partial charge in [-0.3, -0.25) is 15.0 Å². The Balaban J connectivity index is 2.15. The Kier molecular flexibility index (Phi) is 5.05. The molecule has 0 radical (unpaired) electrons. The lowest BCUT2D eigenvalue weighted by molar-refractivity contribution is -0.384. The Morgan fingerprint density at radius 2 is 1.88 bits per heavy atom. The Bertz CT molecular complexity index is 661. The maximum absolute atomic E-state index is 12.4. The van der Waals surface area contributed by atoms with Crippen molar-refractivity contribution in [2.24, 2.45) is 0 Å². The van der Waals surface area contributed by atoms with Gasteiger partial charge < -0.3 is 15.4 Å². The van der Waals surface area contributed by atoms with Gasteiger partial charge in [-0.1, -0.05) is 0 Å². The molecule has 138 valence electrons. The Hall–Kier alpha value is -2.58. The zero-order chi connectivity index (χ0) is 18.9. The van der Waals surface area contributed by atoms with E-state index in [-0.39, 0.29) is 29.7 Å². The fourth-order valence-electron chi connectivity index (χ4n) is 2.97. The van der Waals surface area contributed by atoms with Gasteiger partial charge in [0.05, 0.1) is 17.0 Å². The van der Waals surface area contributed by atoms with E-state index in [0.717, 1.165) is 0 Å². The van der Waals surface area contributed by atoms with Crippen LogP contribution in [0.25, 0.3) is 0 Å². The van der Waals surface area contributed by atoms with Crippen LogP contribution in [0.3, 0.4) is 0 Å². The van der Waals surface area contributed by atoms with Gasteiger partial charge in [-0.25, -0.2) is 9.78 Å². The van der Waals surface area contributed by atoms with Crippen LogP contribution in [0.1, 0.15) is 34.6 Å². The highest BCUT2D eigenvalue weighted by Gasteiger charge is 2.36. The number of nitrogens with two attached hydrogens (primary N) is 1. The van der Waals surface area contributed by atoms with Crippen LogP contribution in [0.2, 0.25) is 0 Å². The Morgan fingerprint density at radius 1 is 1.32 bits per heavy atom. The molecule has 1 amide bonds. The maximum atomic E-state index is 12.4. The van der Waals surface area contributed by atoms with Crippen LogP contribution in [0.4, 0.5) is 22.1 Å². The molecule has 25 heavy (non-hydrogen) atoms. The summed E-state index contributed by atoms with van der Waals surface area (Å²) in [5, 5.41) is 10.9. The van der Waals surface area contributed by atoms with Crippen molar-refractivity contribution in [3.05, 3.63) is 22.2 Å². The lowest BCUT2D eigenvalue weighted by atomic mass is 10.1. The third kappa shape index (κ3) is 4.28. The first kappa shape index (κ1) is 18.8. The highest BCUT2D eigenvalue weighted by atomic mass is 16.6. The zero-order valence-corrected chi connectivity index (χ0v) is 15.2. The lowest BCUT2D eigenvalue weighted by Gasteiger charge is -2.44. The number of hydrogen-bond acceptors (Lipinski definition) is 7. The van der Waals surface area contributed by atoms with Gasteiger partial charge in [-0.05, 0) is 40.7 Å². The van der Waals surface area contributed by atoms with Crippen molar-refractivity contribution in [1.82, 2.24) is 9.88 Å². The Labute approximate surface area is 146 Å². The quantitative estimate of drug-likeness (QED) is 0.642. The third-order valence-corrected chi connectivity index (χ3v) is 3.93. The standard InChI is InChI=1S/C16H25N5O4/c1-10-8-19(13-7-6-12(21(23)24)14(17)18-13)9-11(2)20(10)15(22)25-16(3,4)5/h6-7,10-11H,8-9H2,1-5H3,(H2,17,18)/t10-,11-/m0/s1. The van der Waals surface area contributed by atoms with E-state index in [4.69, 9.17) is 10.5 Å². The molecule has 0 aromatic carbocycles. The monoisotopic (exact) mass is 351 g/mol. The van der Waals surface area contributed by atoms with Crippen LogP contribution < -0.4 is 10.6 Å². The molecule has 0 aliphatic carbocycles. The predicted molar refractivity (Wildman–Crippen MR) is 94.5 cm³/mol. The Morgan fingerprint density at radius 3 is 2.32 bits per heavy atom. The summed E-state index contributed by atoms with van der Waals surface area (Å²) in [7, 11) is 0. The second kappa shape index (κ2) is 6.73. The number of hydrogen-bond donors (Lipinski definition) is 1. The third-order valence-electron chi connectivity index (χ3n) is 3.93. The van der Waals surface area contributed by atoms with Crippen LogP contribution in [0.15, 0.2) is 12.1 Å². The molecule has 2 rings (SSSR count). The number of pyridine rings is 1. The minimum absolute atomic E-state index is 0.100. The molecular weight excluding hydrogens is 326 g/mol. The van der Waals surface area contributed by atoms with E-state index in [9.17, 15) is 14.9 Å². The topological polar surface area (TPSA) is 115 Å². The number of anilines is 2. The van der Waals surface area contributed by atoms with Crippen molar-refractivity contribution in [1.29, 1.82) is 0 Å². The first-order chi connectivity index (χ1) is 11.5. The van der Waals surface area contributed by atoms with E-state index in [1.807, 2.05) is 39.5 Å². The first-order valence-electron chi connectivity index (χ1n) is 8.16. The average molecular weight is 351 g/mol. The van der Waals surface area contributed by atoms with Crippen LogP contribution in [-0.4, -0.2) is 51.7 Å². The first-order valence-corrected chi connectivity index (χ1v) is 8.16. The summed E-state index contributed by atoms with van der Waals surface area (Å²) < 4.78 is 5.48. The fraction of sp³-hybridized carbons (Fsp3) is 0.625. The van der Waals surface area contributed by atoms with E-state index < -0.39 is 10.5 Å². The molecule has 2 heterocycles. The van der Waals surface area contributed by atoms with E-state index in [0.29, 0.717) is 18.9 Å². The molecule has 1 saturated heterocycles. The fourth-order valence-corrected chi connectivity index (χ4v) is 2.97. The van der Waals surface area contributed by atoms with Crippen molar-refractivity contribution in [3.8, 4) is 0 Å². The second-order valence-corrected chi connectivity index (χ2v) is 7.32. The van der Waals surface area contributed by atoms with Gasteiger partial charge in [0, 0.05) is 19.2 Å². The van der Waals surface area contributed by atoms with Gasteiger partial charge >= 0.3 is 11.8 Å². The van der Waals surface area contributed by atoms with Crippen LogP contribution >= 0.6 is 0 Å². The summed E-state index contributed by atoms with van der Waals surface area (Å²) in [6.07, 6.45) is -0.344.